The van der Waals surface area contributed by atoms with Crippen molar-refractivity contribution in [2.24, 2.45) is 5.92 Å². The highest BCUT2D eigenvalue weighted by Crippen LogP contribution is 2.29. The van der Waals surface area contributed by atoms with E-state index < -0.39 is 0 Å². The van der Waals surface area contributed by atoms with Crippen LogP contribution < -0.4 is 5.32 Å². The zero-order valence-electron chi connectivity index (χ0n) is 12.1. The minimum absolute atomic E-state index is 0.313. The highest BCUT2D eigenvalue weighted by atomic mass is 16.3. The summed E-state index contributed by atoms with van der Waals surface area (Å²) >= 11 is 0. The largest absolute Gasteiger partial charge is 0.396 e. The monoisotopic (exact) mass is 261 g/mol. The van der Waals surface area contributed by atoms with Gasteiger partial charge in [0.1, 0.15) is 0 Å². The first kappa shape index (κ1) is 14.5. The van der Waals surface area contributed by atoms with Crippen molar-refractivity contribution in [3.05, 3.63) is 35.4 Å². The Morgan fingerprint density at radius 1 is 1.32 bits per heavy atom. The first-order valence-corrected chi connectivity index (χ1v) is 7.77. The van der Waals surface area contributed by atoms with E-state index in [2.05, 4.69) is 36.5 Å². The second kappa shape index (κ2) is 7.66. The summed E-state index contributed by atoms with van der Waals surface area (Å²) in [5.41, 5.74) is 3.01. The van der Waals surface area contributed by atoms with Crippen LogP contribution in [0.1, 0.15) is 56.2 Å². The van der Waals surface area contributed by atoms with Gasteiger partial charge in [-0.05, 0) is 55.7 Å². The lowest BCUT2D eigenvalue weighted by Gasteiger charge is -2.28. The van der Waals surface area contributed by atoms with Crippen molar-refractivity contribution >= 4 is 0 Å². The number of hydrogen-bond donors (Lipinski definition) is 2. The molecule has 2 heteroatoms. The van der Waals surface area contributed by atoms with Crippen molar-refractivity contribution in [2.75, 3.05) is 13.2 Å². The van der Waals surface area contributed by atoms with Gasteiger partial charge in [-0.1, -0.05) is 37.6 Å². The maximum atomic E-state index is 9.13. The Hall–Kier alpha value is -0.860. The van der Waals surface area contributed by atoms with Crippen molar-refractivity contribution in [3.63, 3.8) is 0 Å². The van der Waals surface area contributed by atoms with E-state index in [-0.39, 0.29) is 0 Å². The Bertz CT molecular complexity index is 371. The fourth-order valence-electron chi connectivity index (χ4n) is 3.21. The number of aliphatic hydroxyl groups excluding tert-OH is 1. The quantitative estimate of drug-likeness (QED) is 0.788. The molecule has 106 valence electrons. The number of benzene rings is 1. The van der Waals surface area contributed by atoms with Gasteiger partial charge in [-0.3, -0.25) is 0 Å². The maximum absolute atomic E-state index is 9.13. The van der Waals surface area contributed by atoms with Gasteiger partial charge < -0.3 is 10.4 Å². The van der Waals surface area contributed by atoms with Crippen molar-refractivity contribution in [2.45, 2.75) is 51.5 Å². The van der Waals surface area contributed by atoms with Crippen LogP contribution >= 0.6 is 0 Å². The van der Waals surface area contributed by atoms with Gasteiger partial charge in [-0.15, -0.1) is 0 Å². The van der Waals surface area contributed by atoms with Crippen LogP contribution in [0.2, 0.25) is 0 Å². The summed E-state index contributed by atoms with van der Waals surface area (Å²) in [4.78, 5) is 0. The minimum atomic E-state index is 0.313. The molecule has 2 rings (SSSR count). The van der Waals surface area contributed by atoms with E-state index in [1.165, 1.54) is 43.2 Å². The van der Waals surface area contributed by atoms with Crippen LogP contribution in [-0.4, -0.2) is 18.3 Å². The Labute approximate surface area is 117 Å². The highest BCUT2D eigenvalue weighted by Gasteiger charge is 2.20. The van der Waals surface area contributed by atoms with Gasteiger partial charge in [0.25, 0.3) is 0 Å². The van der Waals surface area contributed by atoms with Crippen molar-refractivity contribution < 1.29 is 5.11 Å². The topological polar surface area (TPSA) is 32.3 Å². The van der Waals surface area contributed by atoms with Crippen LogP contribution in [-0.2, 0) is 6.42 Å². The fourth-order valence-corrected chi connectivity index (χ4v) is 3.21. The fraction of sp³-hybridized carbons (Fsp3) is 0.647. The van der Waals surface area contributed by atoms with Gasteiger partial charge in [0.2, 0.25) is 0 Å². The van der Waals surface area contributed by atoms with Crippen molar-refractivity contribution in [1.29, 1.82) is 0 Å². The molecule has 0 saturated carbocycles. The number of nitrogens with one attached hydrogen (secondary N) is 1. The molecule has 19 heavy (non-hydrogen) atoms. The molecule has 1 aromatic carbocycles. The van der Waals surface area contributed by atoms with Crippen LogP contribution in [0.15, 0.2) is 24.3 Å². The summed E-state index contributed by atoms with van der Waals surface area (Å²) < 4.78 is 0. The molecular weight excluding hydrogens is 234 g/mol. The lowest BCUT2D eigenvalue weighted by atomic mass is 9.87. The third kappa shape index (κ3) is 4.05. The average molecular weight is 261 g/mol. The zero-order chi connectivity index (χ0) is 13.5. The van der Waals surface area contributed by atoms with Gasteiger partial charge >= 0.3 is 0 Å². The van der Waals surface area contributed by atoms with E-state index in [1.807, 2.05) is 0 Å². The molecule has 0 aliphatic heterocycles. The van der Waals surface area contributed by atoms with Crippen molar-refractivity contribution in [1.82, 2.24) is 5.32 Å². The summed E-state index contributed by atoms with van der Waals surface area (Å²) in [6.07, 6.45) is 7.09. The van der Waals surface area contributed by atoms with Crippen LogP contribution in [0.25, 0.3) is 0 Å². The molecule has 1 aliphatic rings. The molecule has 0 amide bonds. The number of fused-ring (bicyclic) bond motifs is 1. The first-order valence-electron chi connectivity index (χ1n) is 7.77. The molecule has 0 saturated heterocycles. The summed E-state index contributed by atoms with van der Waals surface area (Å²) in [6.45, 7) is 3.57. The lowest BCUT2D eigenvalue weighted by Crippen LogP contribution is -2.30. The molecule has 0 heterocycles. The molecule has 0 fully saturated rings. The molecule has 2 unspecified atom stereocenters. The van der Waals surface area contributed by atoms with Crippen molar-refractivity contribution in [3.8, 4) is 0 Å². The first-order chi connectivity index (χ1) is 9.35. The zero-order valence-corrected chi connectivity index (χ0v) is 12.1. The summed E-state index contributed by atoms with van der Waals surface area (Å²) in [6, 6.07) is 9.35. The van der Waals surface area contributed by atoms with E-state index in [0.717, 1.165) is 13.0 Å². The molecule has 2 nitrogen and oxygen atoms in total. The molecule has 2 N–H and O–H groups in total. The normalized spacial score (nSPS) is 20.0. The summed E-state index contributed by atoms with van der Waals surface area (Å²) in [5.74, 6) is 0.615. The van der Waals surface area contributed by atoms with E-state index in [0.29, 0.717) is 18.6 Å². The molecule has 0 spiro atoms. The SMILES string of the molecule is CCCC(CCO)CNC1CCCc2ccccc21. The molecule has 1 aliphatic carbocycles. The third-order valence-corrected chi connectivity index (χ3v) is 4.26. The van der Waals surface area contributed by atoms with E-state index in [4.69, 9.17) is 5.11 Å². The smallest absolute Gasteiger partial charge is 0.0434 e. The van der Waals surface area contributed by atoms with Crippen LogP contribution in [0, 0.1) is 5.92 Å². The third-order valence-electron chi connectivity index (χ3n) is 4.26. The molecule has 0 bridgehead atoms. The highest BCUT2D eigenvalue weighted by molar-refractivity contribution is 5.32. The number of aliphatic hydroxyl groups is 1. The Morgan fingerprint density at radius 2 is 2.16 bits per heavy atom. The van der Waals surface area contributed by atoms with Crippen LogP contribution in [0.3, 0.4) is 0 Å². The predicted octanol–water partition coefficient (Wildman–Crippen LogP) is 3.45. The standard InChI is InChI=1S/C17H27NO/c1-2-6-14(11-12-19)13-18-17-10-5-8-15-7-3-4-9-16(15)17/h3-4,7,9,14,17-19H,2,5-6,8,10-13H2,1H3. The van der Waals surface area contributed by atoms with Gasteiger partial charge in [-0.2, -0.15) is 0 Å². The predicted molar refractivity (Wildman–Crippen MR) is 80.2 cm³/mol. The summed E-state index contributed by atoms with van der Waals surface area (Å²) in [7, 11) is 0. The molecule has 1 aromatic rings. The molecular formula is C17H27NO. The Morgan fingerprint density at radius 3 is 2.95 bits per heavy atom. The maximum Gasteiger partial charge on any atom is 0.0434 e. The van der Waals surface area contributed by atoms with Gasteiger partial charge in [-0.25, -0.2) is 0 Å². The van der Waals surface area contributed by atoms with Gasteiger partial charge in [0.05, 0.1) is 0 Å². The van der Waals surface area contributed by atoms with Gasteiger partial charge in [0, 0.05) is 12.6 Å². The minimum Gasteiger partial charge on any atom is -0.396 e. The second-order valence-corrected chi connectivity index (χ2v) is 5.72. The molecule has 2 atom stereocenters. The van der Waals surface area contributed by atoms with E-state index >= 15 is 0 Å². The van der Waals surface area contributed by atoms with Crippen LogP contribution in [0.4, 0.5) is 0 Å². The Kier molecular flexibility index (Phi) is 5.87. The molecule has 0 aromatic heterocycles. The number of aryl methyl sites for hydroxylation is 1. The number of hydrogen-bond acceptors (Lipinski definition) is 2. The van der Waals surface area contributed by atoms with Crippen LogP contribution in [0.5, 0.6) is 0 Å². The number of rotatable bonds is 7. The average Bonchev–Trinajstić information content (AvgIpc) is 2.45. The van der Waals surface area contributed by atoms with E-state index in [1.54, 1.807) is 0 Å². The molecule has 0 radical (unpaired) electrons. The second-order valence-electron chi connectivity index (χ2n) is 5.72. The Balaban J connectivity index is 1.92. The lowest BCUT2D eigenvalue weighted by molar-refractivity contribution is 0.243. The van der Waals surface area contributed by atoms with E-state index in [9.17, 15) is 0 Å². The summed E-state index contributed by atoms with van der Waals surface area (Å²) in [5, 5.41) is 12.9. The van der Waals surface area contributed by atoms with Gasteiger partial charge in [0.15, 0.2) is 0 Å².